The van der Waals surface area contributed by atoms with Crippen LogP contribution in [0.5, 0.6) is 0 Å². The highest BCUT2D eigenvalue weighted by atomic mass is 16.3. The molecule has 0 radical (unpaired) electrons. The second-order valence-electron chi connectivity index (χ2n) is 7.16. The number of hydrogen-bond acceptors (Lipinski definition) is 1. The lowest BCUT2D eigenvalue weighted by Crippen LogP contribution is -2.42. The van der Waals surface area contributed by atoms with Gasteiger partial charge in [-0.3, -0.25) is 0 Å². The minimum atomic E-state index is -0.498. The molecule has 1 heteroatoms. The van der Waals surface area contributed by atoms with Gasteiger partial charge in [-0.05, 0) is 55.8 Å². The van der Waals surface area contributed by atoms with Gasteiger partial charge < -0.3 is 5.11 Å². The monoisotopic (exact) mass is 210 g/mol. The molecule has 2 aliphatic rings. The van der Waals surface area contributed by atoms with E-state index < -0.39 is 5.60 Å². The van der Waals surface area contributed by atoms with Gasteiger partial charge in [0.05, 0.1) is 5.60 Å². The van der Waals surface area contributed by atoms with Crippen molar-refractivity contribution in [3.63, 3.8) is 0 Å². The molecule has 2 rings (SSSR count). The molecule has 88 valence electrons. The first-order chi connectivity index (χ1) is 6.79. The first-order valence-corrected chi connectivity index (χ1v) is 6.52. The average Bonchev–Trinajstić information content (AvgIpc) is 2.61. The minimum Gasteiger partial charge on any atom is -0.390 e. The van der Waals surface area contributed by atoms with E-state index in [2.05, 4.69) is 20.8 Å². The highest BCUT2D eigenvalue weighted by Crippen LogP contribution is 2.52. The highest BCUT2D eigenvalue weighted by molar-refractivity contribution is 4.96. The SMILES string of the molecule is CC(C)(C)C(C)(O)CC1CC2CCC1C2. The van der Waals surface area contributed by atoms with Crippen molar-refractivity contribution in [2.75, 3.05) is 0 Å². The van der Waals surface area contributed by atoms with Gasteiger partial charge in [-0.25, -0.2) is 0 Å². The number of hydrogen-bond donors (Lipinski definition) is 1. The first-order valence-electron chi connectivity index (χ1n) is 6.52. The van der Waals surface area contributed by atoms with Gasteiger partial charge >= 0.3 is 0 Å². The summed E-state index contributed by atoms with van der Waals surface area (Å²) in [6.45, 7) is 8.49. The zero-order valence-electron chi connectivity index (χ0n) is 10.7. The van der Waals surface area contributed by atoms with E-state index in [9.17, 15) is 5.11 Å². The van der Waals surface area contributed by atoms with Crippen LogP contribution in [0.4, 0.5) is 0 Å². The van der Waals surface area contributed by atoms with Gasteiger partial charge in [-0.1, -0.05) is 27.2 Å². The molecule has 0 saturated heterocycles. The van der Waals surface area contributed by atoms with Crippen LogP contribution in [0.3, 0.4) is 0 Å². The molecule has 0 aromatic heterocycles. The Morgan fingerprint density at radius 1 is 1.07 bits per heavy atom. The third-order valence-electron chi connectivity index (χ3n) is 5.16. The van der Waals surface area contributed by atoms with Gasteiger partial charge in [0.1, 0.15) is 0 Å². The van der Waals surface area contributed by atoms with Crippen LogP contribution in [0.1, 0.15) is 59.8 Å². The quantitative estimate of drug-likeness (QED) is 0.738. The van der Waals surface area contributed by atoms with Crippen molar-refractivity contribution >= 4 is 0 Å². The normalized spacial score (nSPS) is 39.4. The number of fused-ring (bicyclic) bond motifs is 2. The summed E-state index contributed by atoms with van der Waals surface area (Å²) in [5.41, 5.74) is -0.489. The Morgan fingerprint density at radius 2 is 1.73 bits per heavy atom. The lowest BCUT2D eigenvalue weighted by atomic mass is 9.70. The molecule has 2 saturated carbocycles. The lowest BCUT2D eigenvalue weighted by Gasteiger charge is -2.40. The standard InChI is InChI=1S/C14H26O/c1-13(2,3)14(4,15)9-12-8-10-5-6-11(12)7-10/h10-12,15H,5-9H2,1-4H3. The fraction of sp³-hybridized carbons (Fsp3) is 1.00. The van der Waals surface area contributed by atoms with Gasteiger partial charge in [-0.15, -0.1) is 0 Å². The van der Waals surface area contributed by atoms with Crippen LogP contribution in [0.15, 0.2) is 0 Å². The summed E-state index contributed by atoms with van der Waals surface area (Å²) in [4.78, 5) is 0. The van der Waals surface area contributed by atoms with Crippen LogP contribution in [0.25, 0.3) is 0 Å². The van der Waals surface area contributed by atoms with Gasteiger partial charge in [0.15, 0.2) is 0 Å². The van der Waals surface area contributed by atoms with Gasteiger partial charge in [0.25, 0.3) is 0 Å². The summed E-state index contributed by atoms with van der Waals surface area (Å²) >= 11 is 0. The van der Waals surface area contributed by atoms with E-state index in [0.717, 1.165) is 24.2 Å². The Labute approximate surface area is 94.3 Å². The van der Waals surface area contributed by atoms with Crippen LogP contribution in [-0.2, 0) is 0 Å². The van der Waals surface area contributed by atoms with E-state index in [1.807, 2.05) is 6.92 Å². The molecule has 2 aliphatic carbocycles. The van der Waals surface area contributed by atoms with Crippen molar-refractivity contribution in [1.29, 1.82) is 0 Å². The Bertz CT molecular complexity index is 236. The van der Waals surface area contributed by atoms with Crippen molar-refractivity contribution in [1.82, 2.24) is 0 Å². The zero-order chi connectivity index (χ0) is 11.3. The fourth-order valence-electron chi connectivity index (χ4n) is 3.44. The molecule has 0 aromatic carbocycles. The van der Waals surface area contributed by atoms with Gasteiger partial charge in [0.2, 0.25) is 0 Å². The van der Waals surface area contributed by atoms with Crippen LogP contribution in [0, 0.1) is 23.2 Å². The maximum atomic E-state index is 10.5. The number of rotatable bonds is 2. The molecular weight excluding hydrogens is 184 g/mol. The largest absolute Gasteiger partial charge is 0.390 e. The summed E-state index contributed by atoms with van der Waals surface area (Å²) in [6.07, 6.45) is 6.73. The van der Waals surface area contributed by atoms with Crippen molar-refractivity contribution in [3.8, 4) is 0 Å². The summed E-state index contributed by atoms with van der Waals surface area (Å²) in [7, 11) is 0. The van der Waals surface area contributed by atoms with Crippen molar-refractivity contribution in [3.05, 3.63) is 0 Å². The summed E-state index contributed by atoms with van der Waals surface area (Å²) < 4.78 is 0. The smallest absolute Gasteiger partial charge is 0.0670 e. The van der Waals surface area contributed by atoms with Gasteiger partial charge in [0, 0.05) is 0 Å². The van der Waals surface area contributed by atoms with E-state index in [1.54, 1.807) is 0 Å². The van der Waals surface area contributed by atoms with E-state index in [-0.39, 0.29) is 5.41 Å². The lowest BCUT2D eigenvalue weighted by molar-refractivity contribution is -0.0647. The third kappa shape index (κ3) is 2.08. The molecule has 1 nitrogen and oxygen atoms in total. The molecular formula is C14H26O. The molecule has 2 bridgehead atoms. The predicted octanol–water partition coefficient (Wildman–Crippen LogP) is 3.61. The molecule has 4 atom stereocenters. The van der Waals surface area contributed by atoms with Crippen molar-refractivity contribution < 1.29 is 5.11 Å². The molecule has 0 aliphatic heterocycles. The van der Waals surface area contributed by atoms with Crippen LogP contribution >= 0.6 is 0 Å². The molecule has 0 aromatic rings. The second-order valence-corrected chi connectivity index (χ2v) is 7.16. The van der Waals surface area contributed by atoms with E-state index >= 15 is 0 Å². The zero-order valence-corrected chi connectivity index (χ0v) is 10.7. The summed E-state index contributed by atoms with van der Waals surface area (Å²) in [5.74, 6) is 2.73. The predicted molar refractivity (Wildman–Crippen MR) is 63.6 cm³/mol. The van der Waals surface area contributed by atoms with Crippen molar-refractivity contribution in [2.24, 2.45) is 23.2 Å². The summed E-state index contributed by atoms with van der Waals surface area (Å²) in [6, 6.07) is 0. The average molecular weight is 210 g/mol. The maximum Gasteiger partial charge on any atom is 0.0670 e. The highest BCUT2D eigenvalue weighted by Gasteiger charge is 2.45. The Balaban J connectivity index is 1.97. The van der Waals surface area contributed by atoms with Crippen molar-refractivity contribution in [2.45, 2.75) is 65.4 Å². The molecule has 2 fully saturated rings. The summed E-state index contributed by atoms with van der Waals surface area (Å²) in [5, 5.41) is 10.5. The Morgan fingerprint density at radius 3 is 2.13 bits per heavy atom. The second kappa shape index (κ2) is 3.48. The van der Waals surface area contributed by atoms with Gasteiger partial charge in [-0.2, -0.15) is 0 Å². The molecule has 0 heterocycles. The molecule has 0 spiro atoms. The Hall–Kier alpha value is -0.0400. The topological polar surface area (TPSA) is 20.2 Å². The third-order valence-corrected chi connectivity index (χ3v) is 5.16. The fourth-order valence-corrected chi connectivity index (χ4v) is 3.44. The van der Waals surface area contributed by atoms with Crippen LogP contribution in [0.2, 0.25) is 0 Å². The van der Waals surface area contributed by atoms with E-state index in [0.29, 0.717) is 0 Å². The van der Waals surface area contributed by atoms with E-state index in [4.69, 9.17) is 0 Å². The molecule has 1 N–H and O–H groups in total. The number of aliphatic hydroxyl groups is 1. The van der Waals surface area contributed by atoms with Crippen LogP contribution in [-0.4, -0.2) is 10.7 Å². The minimum absolute atomic E-state index is 0.00876. The maximum absolute atomic E-state index is 10.5. The molecule has 0 amide bonds. The molecule has 4 unspecified atom stereocenters. The first kappa shape index (κ1) is 11.4. The van der Waals surface area contributed by atoms with Crippen LogP contribution < -0.4 is 0 Å². The Kier molecular flexibility index (Phi) is 2.65. The van der Waals surface area contributed by atoms with E-state index in [1.165, 1.54) is 25.7 Å². The molecule has 15 heavy (non-hydrogen) atoms.